The maximum absolute atomic E-state index is 11.9. The smallest absolute Gasteiger partial charge is 0.331 e. The number of ether oxygens (including phenoxy) is 2. The van der Waals surface area contributed by atoms with E-state index in [9.17, 15) is 29.9 Å². The van der Waals surface area contributed by atoms with Crippen LogP contribution >= 0.6 is 0 Å². The van der Waals surface area contributed by atoms with E-state index in [1.807, 2.05) is 4.98 Å². The van der Waals surface area contributed by atoms with Crippen molar-refractivity contribution < 1.29 is 24.5 Å². The van der Waals surface area contributed by atoms with Crippen LogP contribution in [-0.2, 0) is 20.0 Å². The summed E-state index contributed by atoms with van der Waals surface area (Å²) in [7, 11) is 0. The Kier molecular flexibility index (Phi) is 4.88. The van der Waals surface area contributed by atoms with Crippen molar-refractivity contribution in [2.24, 2.45) is 5.92 Å². The van der Waals surface area contributed by atoms with E-state index in [0.29, 0.717) is 4.57 Å². The molecule has 0 aromatic carbocycles. The van der Waals surface area contributed by atoms with Crippen molar-refractivity contribution in [3.63, 3.8) is 0 Å². The molecule has 3 N–H and O–H groups in total. The van der Waals surface area contributed by atoms with Gasteiger partial charge in [0.15, 0.2) is 0 Å². The molecule has 10 heteroatoms. The van der Waals surface area contributed by atoms with Gasteiger partial charge < -0.3 is 19.7 Å². The molecule has 1 saturated heterocycles. The van der Waals surface area contributed by atoms with Gasteiger partial charge in [0.25, 0.3) is 11.3 Å². The highest BCUT2D eigenvalue weighted by Crippen LogP contribution is 2.34. The third kappa shape index (κ3) is 2.96. The van der Waals surface area contributed by atoms with E-state index in [0.717, 1.165) is 12.3 Å². The number of nitriles is 1. The number of aromatic nitrogens is 2. The molecular weight excluding hydrogens is 322 g/mol. The first-order chi connectivity index (χ1) is 11.2. The molecule has 0 radical (unpaired) electrons. The summed E-state index contributed by atoms with van der Waals surface area (Å²) in [5.74, 6) is -0.952. The molecule has 0 amide bonds. The molecular formula is C14H17N3O7. The second kappa shape index (κ2) is 6.56. The Labute approximate surface area is 135 Å². The standard InChI is InChI=1S/C14H17N3O7/c1-7(2)12(21)23-5-8-10(19)11(20)14(6-15,24-8)17-4-3-9(18)16-13(17)22/h3-4,7-8,10-11,19-20H,5H2,1-2H3,(H,16,18,22)/t8-,10+,11?,14-/m1/s1. The lowest BCUT2D eigenvalue weighted by Crippen LogP contribution is -2.50. The quantitative estimate of drug-likeness (QED) is 0.534. The summed E-state index contributed by atoms with van der Waals surface area (Å²) in [6, 6.07) is 2.61. The van der Waals surface area contributed by atoms with Gasteiger partial charge in [0.05, 0.1) is 5.92 Å². The van der Waals surface area contributed by atoms with Gasteiger partial charge in [-0.2, -0.15) is 5.26 Å². The number of nitrogens with one attached hydrogen (secondary N) is 1. The van der Waals surface area contributed by atoms with Crippen molar-refractivity contribution in [2.75, 3.05) is 6.61 Å². The normalized spacial score (nSPS) is 29.4. The Hall–Kier alpha value is -2.48. The number of nitrogens with zero attached hydrogens (tertiary/aromatic N) is 2. The van der Waals surface area contributed by atoms with Crippen LogP contribution in [0.4, 0.5) is 0 Å². The molecule has 2 rings (SSSR count). The van der Waals surface area contributed by atoms with Gasteiger partial charge in [0, 0.05) is 12.3 Å². The van der Waals surface area contributed by atoms with Gasteiger partial charge in [-0.1, -0.05) is 13.8 Å². The number of carbonyl (C=O) groups is 1. The fourth-order valence-corrected chi connectivity index (χ4v) is 2.29. The molecule has 1 aliphatic heterocycles. The largest absolute Gasteiger partial charge is 0.463 e. The summed E-state index contributed by atoms with van der Waals surface area (Å²) in [5.41, 5.74) is -3.94. The molecule has 130 valence electrons. The van der Waals surface area contributed by atoms with Crippen LogP contribution in [0.3, 0.4) is 0 Å². The topological polar surface area (TPSA) is 155 Å². The van der Waals surface area contributed by atoms with Gasteiger partial charge in [0.1, 0.15) is 31.0 Å². The number of carbonyl (C=O) groups excluding carboxylic acids is 1. The Morgan fingerprint density at radius 3 is 2.75 bits per heavy atom. The molecule has 1 unspecified atom stereocenters. The zero-order valence-corrected chi connectivity index (χ0v) is 13.0. The van der Waals surface area contributed by atoms with E-state index >= 15 is 0 Å². The van der Waals surface area contributed by atoms with Crippen molar-refractivity contribution >= 4 is 5.97 Å². The maximum atomic E-state index is 11.9. The van der Waals surface area contributed by atoms with E-state index in [1.54, 1.807) is 19.9 Å². The first kappa shape index (κ1) is 17.9. The lowest BCUT2D eigenvalue weighted by molar-refractivity contribution is -0.157. The minimum atomic E-state index is -2.25. The van der Waals surface area contributed by atoms with Crippen LogP contribution in [0.25, 0.3) is 0 Å². The van der Waals surface area contributed by atoms with Gasteiger partial charge in [-0.3, -0.25) is 19.1 Å². The van der Waals surface area contributed by atoms with Crippen LogP contribution in [0.2, 0.25) is 0 Å². The van der Waals surface area contributed by atoms with Gasteiger partial charge in [0.2, 0.25) is 0 Å². The molecule has 1 fully saturated rings. The molecule has 0 saturated carbocycles. The summed E-state index contributed by atoms with van der Waals surface area (Å²) in [6.07, 6.45) is -3.62. The number of aliphatic hydroxyl groups is 2. The lowest BCUT2D eigenvalue weighted by Gasteiger charge is -2.26. The summed E-state index contributed by atoms with van der Waals surface area (Å²) in [5, 5.41) is 29.7. The van der Waals surface area contributed by atoms with E-state index in [-0.39, 0.29) is 0 Å². The van der Waals surface area contributed by atoms with Crippen LogP contribution in [0.5, 0.6) is 0 Å². The van der Waals surface area contributed by atoms with Gasteiger partial charge in [-0.25, -0.2) is 4.79 Å². The van der Waals surface area contributed by atoms with Crippen LogP contribution in [0.1, 0.15) is 13.8 Å². The van der Waals surface area contributed by atoms with Gasteiger partial charge in [-0.15, -0.1) is 0 Å². The van der Waals surface area contributed by atoms with E-state index in [1.165, 1.54) is 0 Å². The van der Waals surface area contributed by atoms with Crippen LogP contribution in [-0.4, -0.2) is 50.7 Å². The molecule has 24 heavy (non-hydrogen) atoms. The molecule has 1 aromatic rings. The molecule has 0 spiro atoms. The SMILES string of the molecule is CC(C)C(=O)OC[C@H]1O[C@@](C#N)(n2ccc(=O)[nH]c2=O)C(O)[C@H]1O. The van der Waals surface area contributed by atoms with Gasteiger partial charge in [-0.05, 0) is 0 Å². The molecule has 10 nitrogen and oxygen atoms in total. The van der Waals surface area contributed by atoms with Crippen molar-refractivity contribution in [1.29, 1.82) is 5.26 Å². The Bertz CT molecular complexity index is 778. The summed E-state index contributed by atoms with van der Waals surface area (Å²) in [6.45, 7) is 2.82. The number of aromatic amines is 1. The summed E-state index contributed by atoms with van der Waals surface area (Å²) < 4.78 is 11.0. The highest BCUT2D eigenvalue weighted by molar-refractivity contribution is 5.71. The first-order valence-corrected chi connectivity index (χ1v) is 7.17. The van der Waals surface area contributed by atoms with Crippen molar-refractivity contribution in [1.82, 2.24) is 9.55 Å². The van der Waals surface area contributed by atoms with Crippen molar-refractivity contribution in [3.8, 4) is 6.07 Å². The Morgan fingerprint density at radius 2 is 2.21 bits per heavy atom. The number of H-pyrrole nitrogens is 1. The van der Waals surface area contributed by atoms with Crippen molar-refractivity contribution in [2.45, 2.75) is 37.9 Å². The third-order valence-corrected chi connectivity index (χ3v) is 3.64. The average molecular weight is 339 g/mol. The minimum absolute atomic E-state index is 0.406. The van der Waals surface area contributed by atoms with E-state index < -0.39 is 53.8 Å². The molecule has 1 aliphatic rings. The monoisotopic (exact) mass is 339 g/mol. The fraction of sp³-hybridized carbons (Fsp3) is 0.571. The highest BCUT2D eigenvalue weighted by atomic mass is 16.6. The minimum Gasteiger partial charge on any atom is -0.463 e. The number of aliphatic hydroxyl groups excluding tert-OH is 2. The molecule has 4 atom stereocenters. The number of rotatable bonds is 4. The number of esters is 1. The number of hydrogen-bond acceptors (Lipinski definition) is 8. The highest BCUT2D eigenvalue weighted by Gasteiger charge is 2.57. The predicted octanol–water partition coefficient (Wildman–Crippen LogP) is -1.97. The lowest BCUT2D eigenvalue weighted by atomic mass is 10.0. The van der Waals surface area contributed by atoms with E-state index in [4.69, 9.17) is 9.47 Å². The van der Waals surface area contributed by atoms with Gasteiger partial charge >= 0.3 is 11.7 Å². The van der Waals surface area contributed by atoms with Crippen LogP contribution in [0, 0.1) is 17.2 Å². The second-order valence-electron chi connectivity index (χ2n) is 5.66. The second-order valence-corrected chi connectivity index (χ2v) is 5.66. The molecule has 1 aromatic heterocycles. The zero-order valence-electron chi connectivity index (χ0n) is 13.0. The van der Waals surface area contributed by atoms with E-state index in [2.05, 4.69) is 0 Å². The average Bonchev–Trinajstić information content (AvgIpc) is 2.77. The van der Waals surface area contributed by atoms with Crippen LogP contribution in [0.15, 0.2) is 21.9 Å². The molecule has 2 heterocycles. The van der Waals surface area contributed by atoms with Crippen LogP contribution < -0.4 is 11.2 Å². The number of hydrogen-bond donors (Lipinski definition) is 3. The predicted molar refractivity (Wildman–Crippen MR) is 77.6 cm³/mol. The fourth-order valence-electron chi connectivity index (χ4n) is 2.29. The Balaban J connectivity index is 2.32. The van der Waals surface area contributed by atoms with Crippen molar-refractivity contribution in [3.05, 3.63) is 33.1 Å². The molecule has 0 bridgehead atoms. The summed E-state index contributed by atoms with van der Waals surface area (Å²) >= 11 is 0. The Morgan fingerprint density at radius 1 is 1.54 bits per heavy atom. The molecule has 0 aliphatic carbocycles. The first-order valence-electron chi connectivity index (χ1n) is 7.17. The zero-order chi connectivity index (χ0) is 18.1. The third-order valence-electron chi connectivity index (χ3n) is 3.64. The summed E-state index contributed by atoms with van der Waals surface area (Å²) in [4.78, 5) is 36.5. The maximum Gasteiger partial charge on any atom is 0.331 e.